The van der Waals surface area contributed by atoms with Crippen LogP contribution < -0.4 is 4.74 Å². The van der Waals surface area contributed by atoms with Gasteiger partial charge in [0.2, 0.25) is 5.78 Å². The van der Waals surface area contributed by atoms with E-state index in [0.29, 0.717) is 16.3 Å². The number of rotatable bonds is 5. The molecule has 0 fully saturated rings. The number of carbonyl (C=O) groups excluding carboxylic acids is 2. The first-order valence-electron chi connectivity index (χ1n) is 6.66. The maximum Gasteiger partial charge on any atom is 0.342 e. The van der Waals surface area contributed by atoms with Gasteiger partial charge in [-0.2, -0.15) is 0 Å². The Morgan fingerprint density at radius 1 is 1.09 bits per heavy atom. The normalized spacial score (nSPS) is 11.6. The number of hydrogen-bond acceptors (Lipinski definition) is 4. The van der Waals surface area contributed by atoms with Crippen molar-refractivity contribution in [2.45, 2.75) is 13.0 Å². The molecule has 0 aliphatic rings. The molecular formula is C17H15ClO4. The second-order valence-corrected chi connectivity index (χ2v) is 5.06. The van der Waals surface area contributed by atoms with Crippen LogP contribution in [0.15, 0.2) is 48.5 Å². The van der Waals surface area contributed by atoms with E-state index in [2.05, 4.69) is 0 Å². The standard InChI is InChI=1S/C17H15ClO4/c1-11(16(19)12-6-4-3-5-7-12)22-17(20)14-10-13(18)8-9-15(14)21-2/h3-11H,1-2H3. The predicted octanol–water partition coefficient (Wildman–Crippen LogP) is 3.78. The van der Waals surface area contributed by atoms with Crippen molar-refractivity contribution in [3.05, 3.63) is 64.7 Å². The third-order valence-electron chi connectivity index (χ3n) is 3.09. The highest BCUT2D eigenvalue weighted by Crippen LogP contribution is 2.24. The first-order valence-corrected chi connectivity index (χ1v) is 7.04. The van der Waals surface area contributed by atoms with Gasteiger partial charge in [-0.05, 0) is 25.1 Å². The molecule has 0 radical (unpaired) electrons. The lowest BCUT2D eigenvalue weighted by molar-refractivity contribution is 0.0316. The van der Waals surface area contributed by atoms with Crippen molar-refractivity contribution in [2.24, 2.45) is 0 Å². The quantitative estimate of drug-likeness (QED) is 0.622. The number of benzene rings is 2. The Hall–Kier alpha value is -2.33. The van der Waals surface area contributed by atoms with Gasteiger partial charge >= 0.3 is 5.97 Å². The van der Waals surface area contributed by atoms with Gasteiger partial charge in [-0.3, -0.25) is 4.79 Å². The molecule has 4 nitrogen and oxygen atoms in total. The molecule has 0 N–H and O–H groups in total. The van der Waals surface area contributed by atoms with E-state index in [1.807, 2.05) is 6.07 Å². The van der Waals surface area contributed by atoms with E-state index in [1.54, 1.807) is 36.4 Å². The van der Waals surface area contributed by atoms with Crippen molar-refractivity contribution in [1.82, 2.24) is 0 Å². The fraction of sp³-hybridized carbons (Fsp3) is 0.176. The van der Waals surface area contributed by atoms with Crippen molar-refractivity contribution in [2.75, 3.05) is 7.11 Å². The summed E-state index contributed by atoms with van der Waals surface area (Å²) >= 11 is 5.88. The number of hydrogen-bond donors (Lipinski definition) is 0. The summed E-state index contributed by atoms with van der Waals surface area (Å²) in [5.41, 5.74) is 0.670. The van der Waals surface area contributed by atoms with E-state index >= 15 is 0 Å². The monoisotopic (exact) mass is 318 g/mol. The van der Waals surface area contributed by atoms with E-state index in [0.717, 1.165) is 0 Å². The Morgan fingerprint density at radius 3 is 2.41 bits per heavy atom. The molecule has 1 atom stereocenters. The number of esters is 1. The van der Waals surface area contributed by atoms with Crippen LogP contribution in [0.5, 0.6) is 5.75 Å². The van der Waals surface area contributed by atoms with Gasteiger partial charge in [0.05, 0.1) is 7.11 Å². The van der Waals surface area contributed by atoms with Crippen LogP contribution in [0.3, 0.4) is 0 Å². The van der Waals surface area contributed by atoms with Gasteiger partial charge in [0, 0.05) is 10.6 Å². The smallest absolute Gasteiger partial charge is 0.342 e. The number of ether oxygens (including phenoxy) is 2. The van der Waals surface area contributed by atoms with Crippen LogP contribution >= 0.6 is 11.6 Å². The Balaban J connectivity index is 2.15. The fourth-order valence-electron chi connectivity index (χ4n) is 1.95. The molecule has 0 amide bonds. The van der Waals surface area contributed by atoms with Crippen LogP contribution in [0.1, 0.15) is 27.6 Å². The van der Waals surface area contributed by atoms with E-state index in [9.17, 15) is 9.59 Å². The van der Waals surface area contributed by atoms with Crippen LogP contribution in [-0.4, -0.2) is 25.0 Å². The van der Waals surface area contributed by atoms with E-state index in [1.165, 1.54) is 20.1 Å². The minimum Gasteiger partial charge on any atom is -0.496 e. The number of Topliss-reactive ketones (excluding diaryl/α,β-unsaturated/α-hetero) is 1. The molecule has 0 heterocycles. The van der Waals surface area contributed by atoms with Crippen LogP contribution in [0.2, 0.25) is 5.02 Å². The molecule has 1 unspecified atom stereocenters. The second kappa shape index (κ2) is 7.09. The summed E-state index contributed by atoms with van der Waals surface area (Å²) in [6.45, 7) is 1.53. The number of ketones is 1. The minimum atomic E-state index is -0.904. The van der Waals surface area contributed by atoms with Crippen LogP contribution in [0, 0.1) is 0 Å². The lowest BCUT2D eigenvalue weighted by Crippen LogP contribution is -2.24. The molecule has 0 aliphatic carbocycles. The highest BCUT2D eigenvalue weighted by molar-refractivity contribution is 6.31. The average Bonchev–Trinajstić information content (AvgIpc) is 2.54. The Labute approximate surface area is 133 Å². The zero-order chi connectivity index (χ0) is 16.1. The summed E-state index contributed by atoms with van der Waals surface area (Å²) in [4.78, 5) is 24.4. The van der Waals surface area contributed by atoms with Crippen molar-refractivity contribution in [3.63, 3.8) is 0 Å². The zero-order valence-corrected chi connectivity index (χ0v) is 13.0. The van der Waals surface area contributed by atoms with Crippen LogP contribution in [0.4, 0.5) is 0 Å². The van der Waals surface area contributed by atoms with Crippen molar-refractivity contribution >= 4 is 23.4 Å². The topological polar surface area (TPSA) is 52.6 Å². The molecule has 114 valence electrons. The molecule has 0 saturated heterocycles. The first kappa shape index (κ1) is 16.0. The Morgan fingerprint density at radius 2 is 1.77 bits per heavy atom. The molecule has 0 aliphatic heterocycles. The Kier molecular flexibility index (Phi) is 5.17. The van der Waals surface area contributed by atoms with E-state index in [-0.39, 0.29) is 11.3 Å². The van der Waals surface area contributed by atoms with Gasteiger partial charge in [-0.15, -0.1) is 0 Å². The highest BCUT2D eigenvalue weighted by Gasteiger charge is 2.22. The zero-order valence-electron chi connectivity index (χ0n) is 12.2. The maximum absolute atomic E-state index is 12.2. The third-order valence-corrected chi connectivity index (χ3v) is 3.33. The fourth-order valence-corrected chi connectivity index (χ4v) is 2.13. The molecule has 0 spiro atoms. The van der Waals surface area contributed by atoms with Gasteiger partial charge in [-0.1, -0.05) is 41.9 Å². The van der Waals surface area contributed by atoms with E-state index < -0.39 is 12.1 Å². The van der Waals surface area contributed by atoms with Gasteiger partial charge < -0.3 is 9.47 Å². The number of methoxy groups -OCH3 is 1. The van der Waals surface area contributed by atoms with Gasteiger partial charge in [-0.25, -0.2) is 4.79 Å². The minimum absolute atomic E-state index is 0.183. The molecule has 2 rings (SSSR count). The lowest BCUT2D eigenvalue weighted by Gasteiger charge is -2.14. The van der Waals surface area contributed by atoms with Crippen LogP contribution in [-0.2, 0) is 4.74 Å². The first-order chi connectivity index (χ1) is 10.5. The number of carbonyl (C=O) groups is 2. The highest BCUT2D eigenvalue weighted by atomic mass is 35.5. The van der Waals surface area contributed by atoms with Gasteiger partial charge in [0.1, 0.15) is 11.3 Å². The summed E-state index contributed by atoms with van der Waals surface area (Å²) in [7, 11) is 1.44. The van der Waals surface area contributed by atoms with Crippen molar-refractivity contribution < 1.29 is 19.1 Å². The number of halogens is 1. The summed E-state index contributed by atoms with van der Waals surface area (Å²) in [5, 5.41) is 0.384. The van der Waals surface area contributed by atoms with Crippen LogP contribution in [0.25, 0.3) is 0 Å². The van der Waals surface area contributed by atoms with Gasteiger partial charge in [0.25, 0.3) is 0 Å². The lowest BCUT2D eigenvalue weighted by atomic mass is 10.1. The molecule has 2 aromatic rings. The Bertz CT molecular complexity index is 682. The largest absolute Gasteiger partial charge is 0.496 e. The molecular weight excluding hydrogens is 304 g/mol. The third kappa shape index (κ3) is 3.65. The molecule has 0 aromatic heterocycles. The average molecular weight is 319 g/mol. The summed E-state index contributed by atoms with van der Waals surface area (Å²) in [5.74, 6) is -0.583. The maximum atomic E-state index is 12.2. The summed E-state index contributed by atoms with van der Waals surface area (Å²) < 4.78 is 10.3. The molecule has 0 saturated carbocycles. The summed E-state index contributed by atoms with van der Waals surface area (Å²) in [6.07, 6.45) is -0.904. The molecule has 2 aromatic carbocycles. The van der Waals surface area contributed by atoms with Crippen molar-refractivity contribution in [1.29, 1.82) is 0 Å². The molecule has 5 heteroatoms. The molecule has 0 bridgehead atoms. The second-order valence-electron chi connectivity index (χ2n) is 4.62. The van der Waals surface area contributed by atoms with E-state index in [4.69, 9.17) is 21.1 Å². The van der Waals surface area contributed by atoms with Gasteiger partial charge in [0.15, 0.2) is 6.10 Å². The molecule has 22 heavy (non-hydrogen) atoms. The predicted molar refractivity (Wildman–Crippen MR) is 83.7 cm³/mol. The van der Waals surface area contributed by atoms with Crippen molar-refractivity contribution in [3.8, 4) is 5.75 Å². The SMILES string of the molecule is COc1ccc(Cl)cc1C(=O)OC(C)C(=O)c1ccccc1. The summed E-state index contributed by atoms with van der Waals surface area (Å²) in [6, 6.07) is 13.3.